The molecule has 5 saturated carbocycles. The Labute approximate surface area is 271 Å². The van der Waals surface area contributed by atoms with E-state index in [4.69, 9.17) is 33.2 Å². The molecule has 1 N–H and O–H groups in total. The molecule has 46 heavy (non-hydrogen) atoms. The van der Waals surface area contributed by atoms with E-state index >= 15 is 0 Å². The molecule has 6 aliphatic rings. The third-order valence-corrected chi connectivity index (χ3v) is 13.3. The van der Waals surface area contributed by atoms with Crippen LogP contribution in [0, 0.1) is 34.5 Å². The van der Waals surface area contributed by atoms with Crippen molar-refractivity contribution in [2.24, 2.45) is 34.5 Å². The van der Waals surface area contributed by atoms with E-state index in [1.807, 2.05) is 0 Å². The number of esters is 2. The lowest BCUT2D eigenvalue weighted by molar-refractivity contribution is -0.300. The molecule has 0 radical (unpaired) electrons. The van der Waals surface area contributed by atoms with Crippen LogP contribution >= 0.6 is 0 Å². The lowest BCUT2D eigenvalue weighted by Crippen LogP contribution is -2.79. The zero-order valence-electron chi connectivity index (χ0n) is 28.0. The molecule has 1 saturated heterocycles. The van der Waals surface area contributed by atoms with Crippen LogP contribution in [0.15, 0.2) is 24.3 Å². The van der Waals surface area contributed by atoms with Gasteiger partial charge in [-0.05, 0) is 56.0 Å². The van der Waals surface area contributed by atoms with Gasteiger partial charge in [-0.3, -0.25) is 9.69 Å². The average molecular weight is 644 g/mol. The van der Waals surface area contributed by atoms with Crippen molar-refractivity contribution in [1.82, 2.24) is 4.90 Å². The predicted molar refractivity (Wildman–Crippen MR) is 164 cm³/mol. The van der Waals surface area contributed by atoms with Gasteiger partial charge in [0.1, 0.15) is 23.6 Å². The number of rotatable bonds is 10. The molecule has 0 unspecified atom stereocenters. The summed E-state index contributed by atoms with van der Waals surface area (Å²) in [5, 5.41) is 12.7. The predicted octanol–water partition coefficient (Wildman–Crippen LogP) is 2.72. The molecule has 5 aliphatic carbocycles. The minimum absolute atomic E-state index is 0.0118. The number of carbonyl (C=O) groups is 2. The maximum atomic E-state index is 13.8. The number of ether oxygens (including phenoxy) is 7. The lowest BCUT2D eigenvalue weighted by Gasteiger charge is -2.69. The Bertz CT molecular complexity index is 1360. The number of piperidine rings is 1. The first kappa shape index (κ1) is 32.3. The van der Waals surface area contributed by atoms with Crippen LogP contribution in [0.4, 0.5) is 0 Å². The van der Waals surface area contributed by atoms with E-state index in [0.717, 1.165) is 25.9 Å². The van der Waals surface area contributed by atoms with Crippen molar-refractivity contribution in [3.8, 4) is 5.75 Å². The van der Waals surface area contributed by atoms with Crippen LogP contribution in [0.2, 0.25) is 0 Å². The quantitative estimate of drug-likeness (QED) is 0.379. The normalized spacial score (nSPS) is 46.6. The third-order valence-electron chi connectivity index (χ3n) is 13.3. The highest BCUT2D eigenvalue weighted by Crippen LogP contribution is 2.80. The van der Waals surface area contributed by atoms with Gasteiger partial charge < -0.3 is 38.3 Å². The number of likely N-dealkylation sites (tertiary alicyclic amines) is 1. The first-order valence-corrected chi connectivity index (χ1v) is 16.6. The summed E-state index contributed by atoms with van der Waals surface area (Å²) in [6.07, 6.45) is 0.181. The van der Waals surface area contributed by atoms with Crippen molar-refractivity contribution >= 4 is 11.9 Å². The summed E-state index contributed by atoms with van der Waals surface area (Å²) in [7, 11) is 8.48. The van der Waals surface area contributed by atoms with Crippen molar-refractivity contribution in [2.45, 2.75) is 81.2 Å². The van der Waals surface area contributed by atoms with Crippen LogP contribution in [0.3, 0.4) is 0 Å². The smallest absolute Gasteiger partial charge is 0.338 e. The highest BCUT2D eigenvalue weighted by atomic mass is 16.6. The number of carbonyl (C=O) groups excluding carboxylic acids is 2. The first-order chi connectivity index (χ1) is 22.1. The molecule has 0 amide bonds. The number of nitrogens with zero attached hydrogens (tertiary/aromatic N) is 1. The van der Waals surface area contributed by atoms with Gasteiger partial charge in [0.25, 0.3) is 0 Å². The Morgan fingerprint density at radius 2 is 1.70 bits per heavy atom. The van der Waals surface area contributed by atoms with Gasteiger partial charge in [-0.1, -0.05) is 6.92 Å². The lowest BCUT2D eigenvalue weighted by atomic mass is 9.43. The number of fused-ring (bicyclic) bond motifs is 2. The summed E-state index contributed by atoms with van der Waals surface area (Å²) in [6, 6.07) is 6.65. The fourth-order valence-corrected chi connectivity index (χ4v) is 12.4. The molecule has 11 heteroatoms. The fraction of sp³-hybridized carbons (Fsp3) is 0.771. The summed E-state index contributed by atoms with van der Waals surface area (Å²) in [5.74, 6) is -1.50. The summed E-state index contributed by atoms with van der Waals surface area (Å²) in [5.41, 5.74) is -3.03. The van der Waals surface area contributed by atoms with Crippen molar-refractivity contribution in [2.75, 3.05) is 55.2 Å². The highest BCUT2D eigenvalue weighted by Gasteiger charge is 2.90. The van der Waals surface area contributed by atoms with Crippen LogP contribution in [0.5, 0.6) is 5.75 Å². The molecule has 1 aliphatic heterocycles. The zero-order chi connectivity index (χ0) is 32.8. The SMILES string of the molecule is CCN1C[C@]2(COC)CC[C@H](OC)[C@@]34[C@@H]5C[C@@]6(O)C[C@@H](OC)[C@@](OC(C)=O)([C@H]5[C@H]6OC(=O)c5ccc(OC)cc5)[C@@H]([C@H](OC)[C@H]23)[C@@H]14. The van der Waals surface area contributed by atoms with Gasteiger partial charge in [-0.25, -0.2) is 4.79 Å². The van der Waals surface area contributed by atoms with Gasteiger partial charge >= 0.3 is 11.9 Å². The summed E-state index contributed by atoms with van der Waals surface area (Å²) < 4.78 is 43.8. The average Bonchev–Trinajstić information content (AvgIpc) is 3.41. The van der Waals surface area contributed by atoms with E-state index in [0.29, 0.717) is 24.3 Å². The molecular formula is C35H49NO10. The monoisotopic (exact) mass is 643 g/mol. The highest BCUT2D eigenvalue weighted by molar-refractivity contribution is 5.89. The van der Waals surface area contributed by atoms with Gasteiger partial charge in [0.2, 0.25) is 0 Å². The molecule has 254 valence electrons. The van der Waals surface area contributed by atoms with E-state index in [9.17, 15) is 14.7 Å². The van der Waals surface area contributed by atoms with E-state index in [2.05, 4.69) is 11.8 Å². The molecule has 7 rings (SSSR count). The van der Waals surface area contributed by atoms with E-state index in [1.165, 1.54) is 6.92 Å². The first-order valence-electron chi connectivity index (χ1n) is 16.6. The van der Waals surface area contributed by atoms with E-state index in [-0.39, 0.29) is 47.8 Å². The Morgan fingerprint density at radius 3 is 2.28 bits per heavy atom. The summed E-state index contributed by atoms with van der Waals surface area (Å²) >= 11 is 0. The number of hydrogen-bond acceptors (Lipinski definition) is 11. The van der Waals surface area contributed by atoms with Crippen molar-refractivity contribution in [3.05, 3.63) is 29.8 Å². The Morgan fingerprint density at radius 1 is 0.978 bits per heavy atom. The Balaban J connectivity index is 1.46. The number of hydrogen-bond donors (Lipinski definition) is 1. The van der Waals surface area contributed by atoms with Gasteiger partial charge in [-0.15, -0.1) is 0 Å². The number of benzene rings is 1. The van der Waals surface area contributed by atoms with Crippen LogP contribution in [-0.2, 0) is 33.2 Å². The van der Waals surface area contributed by atoms with Crippen LogP contribution in [-0.4, -0.2) is 119 Å². The third kappa shape index (κ3) is 3.87. The topological polar surface area (TPSA) is 122 Å². The molecule has 7 bridgehead atoms. The maximum absolute atomic E-state index is 13.8. The van der Waals surface area contributed by atoms with Crippen LogP contribution < -0.4 is 4.74 Å². The maximum Gasteiger partial charge on any atom is 0.338 e. The van der Waals surface area contributed by atoms with Crippen LogP contribution in [0.1, 0.15) is 49.9 Å². The minimum atomic E-state index is -1.41. The van der Waals surface area contributed by atoms with E-state index < -0.39 is 46.7 Å². The van der Waals surface area contributed by atoms with Crippen LogP contribution in [0.25, 0.3) is 0 Å². The standard InChI is InChI=1S/C35H49NO10/c1-8-36-17-32(18-40-3)14-13-23(42-5)34-22-15-33(39)16-24(43-6)35(46-19(2)37,26(29(34)36)27(44-7)28(32)34)25(22)30(33)45-31(38)20-9-11-21(41-4)12-10-20/h9-12,22-30,39H,8,13-18H2,1-7H3/t22-,23+,24-,25-,26+,27+,28-,29-,30-,32+,33-,34+,35-/m1/s1. The van der Waals surface area contributed by atoms with E-state index in [1.54, 1.807) is 59.8 Å². The van der Waals surface area contributed by atoms with Gasteiger partial charge in [-0.2, -0.15) is 0 Å². The number of methoxy groups -OCH3 is 5. The minimum Gasteiger partial charge on any atom is -0.497 e. The second kappa shape index (κ2) is 11.1. The molecule has 6 fully saturated rings. The van der Waals surface area contributed by atoms with Gasteiger partial charge in [0, 0.05) is 83.0 Å². The zero-order valence-corrected chi connectivity index (χ0v) is 28.0. The summed E-state index contributed by atoms with van der Waals surface area (Å²) in [6.45, 7) is 5.76. The molecule has 1 spiro atoms. The Hall–Kier alpha value is -2.28. The number of aliphatic hydroxyl groups is 1. The second-order valence-electron chi connectivity index (χ2n) is 14.6. The molecule has 11 nitrogen and oxygen atoms in total. The molecule has 1 aromatic carbocycles. The molecule has 0 aromatic heterocycles. The van der Waals surface area contributed by atoms with Crippen molar-refractivity contribution < 1.29 is 47.9 Å². The van der Waals surface area contributed by atoms with Crippen molar-refractivity contribution in [3.63, 3.8) is 0 Å². The molecule has 1 heterocycles. The fourth-order valence-electron chi connectivity index (χ4n) is 12.4. The van der Waals surface area contributed by atoms with Gasteiger partial charge in [0.05, 0.1) is 31.5 Å². The largest absolute Gasteiger partial charge is 0.497 e. The molecule has 1 aromatic rings. The Kier molecular flexibility index (Phi) is 7.81. The van der Waals surface area contributed by atoms with Crippen molar-refractivity contribution in [1.29, 1.82) is 0 Å². The molecule has 13 atom stereocenters. The van der Waals surface area contributed by atoms with Gasteiger partial charge in [0.15, 0.2) is 5.60 Å². The summed E-state index contributed by atoms with van der Waals surface area (Å²) in [4.78, 5) is 29.7. The second-order valence-corrected chi connectivity index (χ2v) is 14.6. The molecular weight excluding hydrogens is 594 g/mol.